The maximum Gasteiger partial charge on any atom is 0.259 e. The van der Waals surface area contributed by atoms with Gasteiger partial charge in [-0.25, -0.2) is 0 Å². The summed E-state index contributed by atoms with van der Waals surface area (Å²) in [5.41, 5.74) is 7.39. The molecule has 3 N–H and O–H groups in total. The molecule has 0 bridgehead atoms. The van der Waals surface area contributed by atoms with Gasteiger partial charge >= 0.3 is 0 Å². The fourth-order valence-corrected chi connectivity index (χ4v) is 2.97. The van der Waals surface area contributed by atoms with E-state index in [1.807, 2.05) is 19.1 Å². The molecule has 0 heterocycles. The van der Waals surface area contributed by atoms with E-state index >= 15 is 0 Å². The van der Waals surface area contributed by atoms with E-state index in [2.05, 4.69) is 37.2 Å². The van der Waals surface area contributed by atoms with Crippen LogP contribution in [0.15, 0.2) is 45.3 Å². The van der Waals surface area contributed by atoms with Crippen LogP contribution < -0.4 is 15.8 Å². The number of para-hydroxylation sites is 1. The van der Waals surface area contributed by atoms with Crippen LogP contribution in [-0.2, 0) is 0 Å². The molecule has 0 aliphatic heterocycles. The number of ether oxygens (including phenoxy) is 1. The third-order valence-electron chi connectivity index (χ3n) is 2.76. The molecule has 0 radical (unpaired) electrons. The van der Waals surface area contributed by atoms with Crippen molar-refractivity contribution in [1.29, 1.82) is 0 Å². The number of hydrogen-bond donors (Lipinski definition) is 2. The van der Waals surface area contributed by atoms with Gasteiger partial charge in [0, 0.05) is 8.95 Å². The molecule has 0 atom stereocenters. The minimum Gasteiger partial charge on any atom is -0.491 e. The van der Waals surface area contributed by atoms with Crippen LogP contribution in [0.5, 0.6) is 5.75 Å². The van der Waals surface area contributed by atoms with Crippen molar-refractivity contribution in [2.45, 2.75) is 6.92 Å². The Balaban J connectivity index is 2.30. The first-order valence-corrected chi connectivity index (χ1v) is 7.89. The highest BCUT2D eigenvalue weighted by molar-refractivity contribution is 9.11. The first-order chi connectivity index (χ1) is 10.0. The first-order valence-electron chi connectivity index (χ1n) is 6.30. The van der Waals surface area contributed by atoms with Gasteiger partial charge < -0.3 is 15.8 Å². The molecular weight excluding hydrogens is 400 g/mol. The lowest BCUT2D eigenvalue weighted by molar-refractivity contribution is 0.102. The van der Waals surface area contributed by atoms with Crippen molar-refractivity contribution in [1.82, 2.24) is 0 Å². The second-order valence-electron chi connectivity index (χ2n) is 4.24. The third-order valence-corrected chi connectivity index (χ3v) is 3.91. The van der Waals surface area contributed by atoms with Gasteiger partial charge in [-0.1, -0.05) is 22.0 Å². The molecule has 0 saturated heterocycles. The van der Waals surface area contributed by atoms with Crippen LogP contribution in [-0.4, -0.2) is 12.5 Å². The Kier molecular flexibility index (Phi) is 5.25. The maximum absolute atomic E-state index is 12.4. The first kappa shape index (κ1) is 15.9. The van der Waals surface area contributed by atoms with E-state index in [4.69, 9.17) is 10.5 Å². The zero-order valence-corrected chi connectivity index (χ0v) is 14.5. The predicted molar refractivity (Wildman–Crippen MR) is 91.8 cm³/mol. The molecule has 1 amide bonds. The molecule has 0 unspecified atom stereocenters. The van der Waals surface area contributed by atoms with Crippen LogP contribution in [0.3, 0.4) is 0 Å². The highest BCUT2D eigenvalue weighted by atomic mass is 79.9. The van der Waals surface area contributed by atoms with Crippen LogP contribution >= 0.6 is 31.9 Å². The Hall–Kier alpha value is -1.53. The predicted octanol–water partition coefficient (Wildman–Crippen LogP) is 4.44. The quantitative estimate of drug-likeness (QED) is 0.728. The van der Waals surface area contributed by atoms with Crippen molar-refractivity contribution in [2.24, 2.45) is 0 Å². The third kappa shape index (κ3) is 3.77. The maximum atomic E-state index is 12.4. The Labute approximate surface area is 139 Å². The molecule has 4 nitrogen and oxygen atoms in total. The van der Waals surface area contributed by atoms with Crippen molar-refractivity contribution in [3.05, 3.63) is 50.9 Å². The molecule has 2 aromatic carbocycles. The Morgan fingerprint density at radius 2 is 2.05 bits per heavy atom. The average Bonchev–Trinajstić information content (AvgIpc) is 2.44. The van der Waals surface area contributed by atoms with E-state index in [9.17, 15) is 4.79 Å². The van der Waals surface area contributed by atoms with Crippen molar-refractivity contribution in [2.75, 3.05) is 17.7 Å². The van der Waals surface area contributed by atoms with E-state index in [0.29, 0.717) is 29.3 Å². The molecular formula is C15H14Br2N2O2. The number of nitrogen functional groups attached to an aromatic ring is 1. The second-order valence-corrected chi connectivity index (χ2v) is 6.01. The summed E-state index contributed by atoms with van der Waals surface area (Å²) in [5.74, 6) is 0.138. The number of nitrogens with one attached hydrogen (secondary N) is 1. The van der Waals surface area contributed by atoms with Gasteiger partial charge in [0.1, 0.15) is 0 Å². The largest absolute Gasteiger partial charge is 0.491 e. The summed E-state index contributed by atoms with van der Waals surface area (Å²) >= 11 is 6.78. The zero-order chi connectivity index (χ0) is 15.4. The fourth-order valence-electron chi connectivity index (χ4n) is 1.82. The molecule has 6 heteroatoms. The second kappa shape index (κ2) is 6.95. The molecule has 2 rings (SSSR count). The Bertz CT molecular complexity index is 675. The van der Waals surface area contributed by atoms with Gasteiger partial charge in [0.15, 0.2) is 5.75 Å². The number of anilines is 2. The summed E-state index contributed by atoms with van der Waals surface area (Å²) in [5, 5.41) is 2.84. The lowest BCUT2D eigenvalue weighted by Crippen LogP contribution is -2.15. The lowest BCUT2D eigenvalue weighted by atomic mass is 10.1. The van der Waals surface area contributed by atoms with Crippen molar-refractivity contribution < 1.29 is 9.53 Å². The van der Waals surface area contributed by atoms with E-state index in [0.717, 1.165) is 8.95 Å². The van der Waals surface area contributed by atoms with Crippen LogP contribution in [0, 0.1) is 0 Å². The number of nitrogens with two attached hydrogens (primary N) is 1. The molecule has 2 aromatic rings. The van der Waals surface area contributed by atoms with Crippen molar-refractivity contribution in [3.63, 3.8) is 0 Å². The van der Waals surface area contributed by atoms with E-state index in [1.54, 1.807) is 24.3 Å². The monoisotopic (exact) mass is 412 g/mol. The number of halogens is 2. The average molecular weight is 414 g/mol. The number of benzene rings is 2. The van der Waals surface area contributed by atoms with Gasteiger partial charge in [-0.05, 0) is 53.2 Å². The van der Waals surface area contributed by atoms with Gasteiger partial charge in [0.2, 0.25) is 0 Å². The van der Waals surface area contributed by atoms with Crippen LogP contribution in [0.4, 0.5) is 11.4 Å². The van der Waals surface area contributed by atoms with Gasteiger partial charge in [-0.15, -0.1) is 0 Å². The van der Waals surface area contributed by atoms with Gasteiger partial charge in [-0.2, -0.15) is 0 Å². The van der Waals surface area contributed by atoms with Gasteiger partial charge in [0.25, 0.3) is 5.91 Å². The van der Waals surface area contributed by atoms with Crippen LogP contribution in [0.25, 0.3) is 0 Å². The highest BCUT2D eigenvalue weighted by Gasteiger charge is 2.16. The molecule has 0 fully saturated rings. The number of carbonyl (C=O) groups excluding carboxylic acids is 1. The molecule has 0 aliphatic carbocycles. The molecule has 0 spiro atoms. The van der Waals surface area contributed by atoms with Crippen molar-refractivity contribution in [3.8, 4) is 5.75 Å². The van der Waals surface area contributed by atoms with E-state index in [1.165, 1.54) is 0 Å². The highest BCUT2D eigenvalue weighted by Crippen LogP contribution is 2.30. The summed E-state index contributed by atoms with van der Waals surface area (Å²) in [6, 6.07) is 10.6. The standard InChI is InChI=1S/C15H14Br2N2O2/c1-2-21-14-10(4-3-5-12(14)18)15(20)19-13-7-6-9(16)8-11(13)17/h3-8H,2,18H2,1H3,(H,19,20). The smallest absolute Gasteiger partial charge is 0.259 e. The molecule has 0 aliphatic rings. The van der Waals surface area contributed by atoms with Crippen LogP contribution in [0.1, 0.15) is 17.3 Å². The topological polar surface area (TPSA) is 64.3 Å². The molecule has 21 heavy (non-hydrogen) atoms. The summed E-state index contributed by atoms with van der Waals surface area (Å²) in [6.07, 6.45) is 0. The summed E-state index contributed by atoms with van der Waals surface area (Å²) in [4.78, 5) is 12.4. The Morgan fingerprint density at radius 3 is 2.71 bits per heavy atom. The Morgan fingerprint density at radius 1 is 1.29 bits per heavy atom. The fraction of sp³-hybridized carbons (Fsp3) is 0.133. The number of carbonyl (C=O) groups is 1. The van der Waals surface area contributed by atoms with Gasteiger partial charge in [-0.3, -0.25) is 4.79 Å². The van der Waals surface area contributed by atoms with E-state index in [-0.39, 0.29) is 5.91 Å². The van der Waals surface area contributed by atoms with Gasteiger partial charge in [0.05, 0.1) is 23.5 Å². The number of hydrogen-bond acceptors (Lipinski definition) is 3. The normalized spacial score (nSPS) is 10.2. The summed E-state index contributed by atoms with van der Waals surface area (Å²) in [7, 11) is 0. The number of rotatable bonds is 4. The van der Waals surface area contributed by atoms with Crippen molar-refractivity contribution >= 4 is 49.1 Å². The number of amides is 1. The summed E-state index contributed by atoms with van der Waals surface area (Å²) < 4.78 is 7.18. The SMILES string of the molecule is CCOc1c(N)cccc1C(=O)Nc1ccc(Br)cc1Br. The molecule has 0 aromatic heterocycles. The molecule has 110 valence electrons. The van der Waals surface area contributed by atoms with Crippen LogP contribution in [0.2, 0.25) is 0 Å². The zero-order valence-electron chi connectivity index (χ0n) is 11.3. The lowest BCUT2D eigenvalue weighted by Gasteiger charge is -2.13. The van der Waals surface area contributed by atoms with E-state index < -0.39 is 0 Å². The molecule has 0 saturated carbocycles. The minimum atomic E-state index is -0.270. The minimum absolute atomic E-state index is 0.270. The summed E-state index contributed by atoms with van der Waals surface area (Å²) in [6.45, 7) is 2.29.